The third-order valence-electron chi connectivity index (χ3n) is 5.86. The highest BCUT2D eigenvalue weighted by molar-refractivity contribution is 6.31. The molecule has 2 atom stereocenters. The Morgan fingerprint density at radius 1 is 1.16 bits per heavy atom. The highest BCUT2D eigenvalue weighted by atomic mass is 35.5. The Labute approximate surface area is 189 Å². The second-order valence-electron chi connectivity index (χ2n) is 7.95. The van der Waals surface area contributed by atoms with E-state index in [0.29, 0.717) is 23.4 Å². The summed E-state index contributed by atoms with van der Waals surface area (Å²) in [6, 6.07) is 12.0. The Morgan fingerprint density at radius 2 is 1.88 bits per heavy atom. The molecule has 2 aromatic rings. The molecule has 4 rings (SSSR count). The first kappa shape index (κ1) is 21.7. The van der Waals surface area contributed by atoms with Crippen molar-refractivity contribution in [3.8, 4) is 0 Å². The van der Waals surface area contributed by atoms with Crippen molar-refractivity contribution in [2.24, 2.45) is 11.8 Å². The molecule has 0 spiro atoms. The van der Waals surface area contributed by atoms with E-state index >= 15 is 0 Å². The summed E-state index contributed by atoms with van der Waals surface area (Å²) in [7, 11) is 0. The number of amides is 3. The number of imide groups is 1. The third-order valence-corrected chi connectivity index (χ3v) is 6.23. The number of rotatable bonds is 5. The topological polar surface area (TPSA) is 101 Å². The number of hydrogen-bond acceptors (Lipinski definition) is 5. The average molecular weight is 454 g/mol. The number of carbonyl (C=O) groups is 3. The lowest BCUT2D eigenvalue weighted by Gasteiger charge is -2.31. The maximum atomic E-state index is 13.5. The van der Waals surface area contributed by atoms with E-state index in [1.165, 1.54) is 18.2 Å². The second-order valence-corrected chi connectivity index (χ2v) is 8.36. The number of allylic oxidation sites excluding steroid dienone is 2. The van der Waals surface area contributed by atoms with Gasteiger partial charge in [0, 0.05) is 22.7 Å². The predicted octanol–water partition coefficient (Wildman–Crippen LogP) is 4.15. The third kappa shape index (κ3) is 3.89. The Morgan fingerprint density at radius 3 is 2.59 bits per heavy atom. The minimum atomic E-state index is -0.696. The van der Waals surface area contributed by atoms with Gasteiger partial charge < -0.3 is 0 Å². The summed E-state index contributed by atoms with van der Waals surface area (Å²) in [5.74, 6) is -2.65. The van der Waals surface area contributed by atoms with Crippen molar-refractivity contribution >= 4 is 35.0 Å². The number of benzene rings is 2. The molecule has 1 aliphatic heterocycles. The molecule has 1 heterocycles. The quantitative estimate of drug-likeness (QED) is 0.293. The Kier molecular flexibility index (Phi) is 5.80. The zero-order valence-corrected chi connectivity index (χ0v) is 18.0. The molecule has 0 N–H and O–H groups in total. The Balaban J connectivity index is 1.75. The number of hydrogen-bond donors (Lipinski definition) is 0. The van der Waals surface area contributed by atoms with Crippen LogP contribution in [0.3, 0.4) is 0 Å². The number of nitro groups is 1. The fourth-order valence-electron chi connectivity index (χ4n) is 4.18. The maximum absolute atomic E-state index is 13.5. The van der Waals surface area contributed by atoms with Crippen LogP contribution in [0.15, 0.2) is 60.2 Å². The van der Waals surface area contributed by atoms with Crippen LogP contribution in [0.25, 0.3) is 0 Å². The summed E-state index contributed by atoms with van der Waals surface area (Å²) in [5, 5.41) is 13.5. The number of nitro benzene ring substituents is 1. The van der Waals surface area contributed by atoms with Gasteiger partial charge in [0.25, 0.3) is 23.4 Å². The Bertz CT molecular complexity index is 1160. The predicted molar refractivity (Wildman–Crippen MR) is 116 cm³/mol. The molecule has 3 amide bonds. The summed E-state index contributed by atoms with van der Waals surface area (Å²) in [5.41, 5.74) is 1.30. The highest BCUT2D eigenvalue weighted by Crippen LogP contribution is 2.39. The van der Waals surface area contributed by atoms with Crippen LogP contribution in [-0.4, -0.2) is 32.7 Å². The monoisotopic (exact) mass is 453 g/mol. The largest absolute Gasteiger partial charge is 0.273 e. The van der Waals surface area contributed by atoms with E-state index in [1.54, 1.807) is 24.3 Å². The summed E-state index contributed by atoms with van der Waals surface area (Å²) < 4.78 is 0. The highest BCUT2D eigenvalue weighted by Gasteiger charge is 2.51. The summed E-state index contributed by atoms with van der Waals surface area (Å²) >= 11 is 6.28. The van der Waals surface area contributed by atoms with E-state index in [0.717, 1.165) is 21.7 Å². The minimum absolute atomic E-state index is 0.00367. The van der Waals surface area contributed by atoms with Gasteiger partial charge in [0.2, 0.25) is 0 Å². The van der Waals surface area contributed by atoms with E-state index in [4.69, 9.17) is 11.6 Å². The SMILES string of the molecule is CC1=CC[C@@H]2C(=O)N(N(Cc3ccccc3Cl)C(=O)c3cccc([N+](=O)[O-])c3)C(=O)[C@@H]2C1. The molecule has 0 bridgehead atoms. The average Bonchev–Trinajstić information content (AvgIpc) is 3.02. The van der Waals surface area contributed by atoms with Crippen molar-refractivity contribution in [3.63, 3.8) is 0 Å². The fourth-order valence-corrected chi connectivity index (χ4v) is 4.38. The van der Waals surface area contributed by atoms with Crippen LogP contribution in [0.1, 0.15) is 35.7 Å². The number of carbonyl (C=O) groups excluding carboxylic acids is 3. The molecule has 9 heteroatoms. The van der Waals surface area contributed by atoms with E-state index in [9.17, 15) is 24.5 Å². The van der Waals surface area contributed by atoms with Crippen molar-refractivity contribution in [1.82, 2.24) is 10.0 Å². The van der Waals surface area contributed by atoms with Crippen molar-refractivity contribution < 1.29 is 19.3 Å². The molecule has 2 aliphatic rings. The molecule has 32 heavy (non-hydrogen) atoms. The van der Waals surface area contributed by atoms with Gasteiger partial charge in [-0.2, -0.15) is 5.01 Å². The van der Waals surface area contributed by atoms with Crippen molar-refractivity contribution in [1.29, 1.82) is 0 Å². The van der Waals surface area contributed by atoms with Crippen LogP contribution in [-0.2, 0) is 16.1 Å². The molecule has 1 saturated heterocycles. The molecule has 0 aromatic heterocycles. The van der Waals surface area contributed by atoms with Crippen LogP contribution >= 0.6 is 11.6 Å². The summed E-state index contributed by atoms with van der Waals surface area (Å²) in [4.78, 5) is 50.6. The van der Waals surface area contributed by atoms with Crippen LogP contribution in [0.5, 0.6) is 0 Å². The van der Waals surface area contributed by atoms with Gasteiger partial charge >= 0.3 is 0 Å². The normalized spacial score (nSPS) is 20.1. The van der Waals surface area contributed by atoms with E-state index in [1.807, 2.05) is 13.0 Å². The van der Waals surface area contributed by atoms with Crippen molar-refractivity contribution in [2.75, 3.05) is 0 Å². The van der Waals surface area contributed by atoms with Crippen molar-refractivity contribution in [3.05, 3.63) is 86.4 Å². The molecule has 1 aliphatic carbocycles. The number of non-ortho nitro benzene ring substituents is 1. The Hall–Kier alpha value is -3.52. The smallest absolute Gasteiger partial charge is 0.272 e. The lowest BCUT2D eigenvalue weighted by atomic mass is 9.82. The maximum Gasteiger partial charge on any atom is 0.273 e. The molecule has 1 fully saturated rings. The summed E-state index contributed by atoms with van der Waals surface area (Å²) in [6.07, 6.45) is 2.83. The van der Waals surface area contributed by atoms with Gasteiger partial charge in [-0.1, -0.05) is 47.5 Å². The first-order chi connectivity index (χ1) is 15.3. The molecule has 0 saturated carbocycles. The van der Waals surface area contributed by atoms with Gasteiger partial charge in [-0.15, -0.1) is 0 Å². The van der Waals surface area contributed by atoms with Crippen LogP contribution in [0.4, 0.5) is 5.69 Å². The first-order valence-corrected chi connectivity index (χ1v) is 10.5. The van der Waals surface area contributed by atoms with Crippen molar-refractivity contribution in [2.45, 2.75) is 26.3 Å². The molecule has 8 nitrogen and oxygen atoms in total. The molecular formula is C23H20ClN3O5. The van der Waals surface area contributed by atoms with E-state index in [2.05, 4.69) is 0 Å². The van der Waals surface area contributed by atoms with Crippen LogP contribution < -0.4 is 0 Å². The minimum Gasteiger partial charge on any atom is -0.272 e. The van der Waals surface area contributed by atoms with Gasteiger partial charge in [-0.3, -0.25) is 24.5 Å². The lowest BCUT2D eigenvalue weighted by Crippen LogP contribution is -2.49. The zero-order valence-electron chi connectivity index (χ0n) is 17.2. The van der Waals surface area contributed by atoms with E-state index < -0.39 is 34.5 Å². The van der Waals surface area contributed by atoms with Gasteiger partial charge in [-0.05, 0) is 37.5 Å². The molecule has 2 aromatic carbocycles. The molecule has 164 valence electrons. The van der Waals surface area contributed by atoms with Gasteiger partial charge in [0.05, 0.1) is 23.3 Å². The standard InChI is InChI=1S/C23H20ClN3O5/c1-14-9-10-18-19(11-14)23(30)26(22(18)29)25(13-16-5-2-3-8-20(16)24)21(28)15-6-4-7-17(12-15)27(31)32/h2-9,12,18-19H,10-11,13H2,1H3/t18-,19+/m0/s1. The van der Waals surface area contributed by atoms with Gasteiger partial charge in [0.15, 0.2) is 0 Å². The zero-order chi connectivity index (χ0) is 23.0. The van der Waals surface area contributed by atoms with Crippen LogP contribution in [0.2, 0.25) is 5.02 Å². The molecule has 0 unspecified atom stereocenters. The number of nitrogens with zero attached hydrogens (tertiary/aromatic N) is 3. The molecule has 0 radical (unpaired) electrons. The van der Waals surface area contributed by atoms with E-state index in [-0.39, 0.29) is 17.8 Å². The van der Waals surface area contributed by atoms with Gasteiger partial charge in [0.1, 0.15) is 0 Å². The summed E-state index contributed by atoms with van der Waals surface area (Å²) in [6.45, 7) is 1.77. The number of fused-ring (bicyclic) bond motifs is 1. The number of hydrazine groups is 1. The molecular weight excluding hydrogens is 434 g/mol. The first-order valence-electron chi connectivity index (χ1n) is 10.1. The number of halogens is 1. The fraction of sp³-hybridized carbons (Fsp3) is 0.261. The van der Waals surface area contributed by atoms with Crippen LogP contribution in [0, 0.1) is 22.0 Å². The second kappa shape index (κ2) is 8.55. The lowest BCUT2D eigenvalue weighted by molar-refractivity contribution is -0.384. The van der Waals surface area contributed by atoms with Gasteiger partial charge in [-0.25, -0.2) is 5.01 Å².